The predicted molar refractivity (Wildman–Crippen MR) is 99.7 cm³/mol. The number of nitrogens with zero attached hydrogens (tertiary/aromatic N) is 2. The molecule has 0 aliphatic carbocycles. The van der Waals surface area contributed by atoms with Crippen molar-refractivity contribution in [1.29, 1.82) is 0 Å². The molecule has 0 fully saturated rings. The lowest BCUT2D eigenvalue weighted by atomic mass is 10.1. The Balaban J connectivity index is 1.57. The SMILES string of the molecule is Cc1cc(Nc2cccc(F)c2)nc(NCCCc2ccccc2)n1. The Morgan fingerprint density at radius 1 is 0.960 bits per heavy atom. The number of hydrogen-bond donors (Lipinski definition) is 2. The zero-order valence-corrected chi connectivity index (χ0v) is 14.2. The number of anilines is 3. The summed E-state index contributed by atoms with van der Waals surface area (Å²) in [5.41, 5.74) is 2.83. The minimum absolute atomic E-state index is 0.282. The lowest BCUT2D eigenvalue weighted by Gasteiger charge is -2.10. The standard InChI is InChI=1S/C20H21FN4/c1-15-13-19(24-18-11-5-10-17(21)14-18)25-20(23-15)22-12-6-9-16-7-3-2-4-8-16/h2-5,7-8,10-11,13-14H,6,9,12H2,1H3,(H2,22,23,24,25). The second-order valence-corrected chi connectivity index (χ2v) is 5.87. The fourth-order valence-electron chi connectivity index (χ4n) is 2.56. The highest BCUT2D eigenvalue weighted by Crippen LogP contribution is 2.17. The fourth-order valence-corrected chi connectivity index (χ4v) is 2.56. The van der Waals surface area contributed by atoms with Crippen LogP contribution in [0, 0.1) is 12.7 Å². The smallest absolute Gasteiger partial charge is 0.224 e. The van der Waals surface area contributed by atoms with Gasteiger partial charge in [0.1, 0.15) is 11.6 Å². The predicted octanol–water partition coefficient (Wildman–Crippen LogP) is 4.71. The molecule has 0 aliphatic rings. The minimum Gasteiger partial charge on any atom is -0.354 e. The third-order valence-electron chi connectivity index (χ3n) is 3.72. The van der Waals surface area contributed by atoms with Crippen LogP contribution in [0.3, 0.4) is 0 Å². The lowest BCUT2D eigenvalue weighted by Crippen LogP contribution is -2.08. The van der Waals surface area contributed by atoms with E-state index in [1.807, 2.05) is 19.1 Å². The number of benzene rings is 2. The third kappa shape index (κ3) is 5.28. The van der Waals surface area contributed by atoms with Crippen molar-refractivity contribution in [2.45, 2.75) is 19.8 Å². The van der Waals surface area contributed by atoms with Gasteiger partial charge in [-0.25, -0.2) is 9.37 Å². The molecule has 3 aromatic rings. The number of rotatable bonds is 7. The van der Waals surface area contributed by atoms with E-state index >= 15 is 0 Å². The maximum atomic E-state index is 13.3. The highest BCUT2D eigenvalue weighted by molar-refractivity contribution is 5.57. The van der Waals surface area contributed by atoms with Gasteiger partial charge in [0, 0.05) is 24.0 Å². The average Bonchev–Trinajstić information content (AvgIpc) is 2.59. The first kappa shape index (κ1) is 16.9. The van der Waals surface area contributed by atoms with Gasteiger partial charge in [-0.05, 0) is 43.5 Å². The normalized spacial score (nSPS) is 10.5. The molecular formula is C20H21FN4. The van der Waals surface area contributed by atoms with Crippen LogP contribution in [0.2, 0.25) is 0 Å². The number of hydrogen-bond acceptors (Lipinski definition) is 4. The van der Waals surface area contributed by atoms with Crippen molar-refractivity contribution in [2.24, 2.45) is 0 Å². The maximum Gasteiger partial charge on any atom is 0.224 e. The van der Waals surface area contributed by atoms with Crippen molar-refractivity contribution in [1.82, 2.24) is 9.97 Å². The molecule has 128 valence electrons. The lowest BCUT2D eigenvalue weighted by molar-refractivity contribution is 0.628. The van der Waals surface area contributed by atoms with E-state index < -0.39 is 0 Å². The minimum atomic E-state index is -0.282. The van der Waals surface area contributed by atoms with E-state index in [-0.39, 0.29) is 5.82 Å². The van der Waals surface area contributed by atoms with Crippen LogP contribution in [0.5, 0.6) is 0 Å². The molecule has 0 saturated heterocycles. The van der Waals surface area contributed by atoms with Gasteiger partial charge < -0.3 is 10.6 Å². The molecule has 0 bridgehead atoms. The summed E-state index contributed by atoms with van der Waals surface area (Å²) in [7, 11) is 0. The van der Waals surface area contributed by atoms with Crippen LogP contribution in [0.25, 0.3) is 0 Å². The zero-order valence-electron chi connectivity index (χ0n) is 14.2. The molecular weight excluding hydrogens is 315 g/mol. The quantitative estimate of drug-likeness (QED) is 0.613. The molecule has 0 amide bonds. The molecule has 2 aromatic carbocycles. The van der Waals surface area contributed by atoms with Crippen LogP contribution >= 0.6 is 0 Å². The number of nitrogens with one attached hydrogen (secondary N) is 2. The van der Waals surface area contributed by atoms with Gasteiger partial charge >= 0.3 is 0 Å². The monoisotopic (exact) mass is 336 g/mol. The number of aromatic nitrogens is 2. The molecule has 0 spiro atoms. The molecule has 2 N–H and O–H groups in total. The van der Waals surface area contributed by atoms with Gasteiger partial charge in [-0.1, -0.05) is 36.4 Å². The molecule has 0 radical (unpaired) electrons. The molecule has 4 nitrogen and oxygen atoms in total. The summed E-state index contributed by atoms with van der Waals surface area (Å²) in [5, 5.41) is 6.37. The van der Waals surface area contributed by atoms with Gasteiger partial charge in [0.2, 0.25) is 5.95 Å². The first-order chi connectivity index (χ1) is 12.2. The van der Waals surface area contributed by atoms with E-state index in [4.69, 9.17) is 0 Å². The first-order valence-electron chi connectivity index (χ1n) is 8.35. The van der Waals surface area contributed by atoms with Crippen molar-refractivity contribution in [3.05, 3.63) is 77.7 Å². The van der Waals surface area contributed by atoms with Gasteiger partial charge in [-0.3, -0.25) is 0 Å². The Labute approximate surface area is 147 Å². The van der Waals surface area contributed by atoms with Crippen LogP contribution in [-0.4, -0.2) is 16.5 Å². The molecule has 1 aromatic heterocycles. The molecule has 0 atom stereocenters. The van der Waals surface area contributed by atoms with Crippen LogP contribution in [0.4, 0.5) is 21.8 Å². The van der Waals surface area contributed by atoms with Gasteiger partial charge in [-0.2, -0.15) is 4.98 Å². The fraction of sp³-hybridized carbons (Fsp3) is 0.200. The summed E-state index contributed by atoms with van der Waals surface area (Å²) < 4.78 is 13.3. The molecule has 3 rings (SSSR count). The largest absolute Gasteiger partial charge is 0.354 e. The Morgan fingerprint density at radius 2 is 1.80 bits per heavy atom. The van der Waals surface area contributed by atoms with Crippen molar-refractivity contribution >= 4 is 17.5 Å². The molecule has 0 saturated carbocycles. The van der Waals surface area contributed by atoms with Crippen LogP contribution in [0.1, 0.15) is 17.7 Å². The van der Waals surface area contributed by atoms with E-state index in [0.717, 1.165) is 25.1 Å². The van der Waals surface area contributed by atoms with Gasteiger partial charge in [0.15, 0.2) is 0 Å². The van der Waals surface area contributed by atoms with E-state index in [0.29, 0.717) is 17.5 Å². The van der Waals surface area contributed by atoms with Crippen molar-refractivity contribution in [2.75, 3.05) is 17.2 Å². The second-order valence-electron chi connectivity index (χ2n) is 5.87. The number of halogens is 1. The highest BCUT2D eigenvalue weighted by atomic mass is 19.1. The summed E-state index contributed by atoms with van der Waals surface area (Å²) in [4.78, 5) is 8.85. The number of aryl methyl sites for hydroxylation is 2. The summed E-state index contributed by atoms with van der Waals surface area (Å²) in [6, 6.07) is 18.5. The van der Waals surface area contributed by atoms with Crippen molar-refractivity contribution in [3.63, 3.8) is 0 Å². The Bertz CT molecular complexity index is 821. The summed E-state index contributed by atoms with van der Waals surface area (Å²) in [6.45, 7) is 2.70. The Morgan fingerprint density at radius 3 is 2.60 bits per heavy atom. The third-order valence-corrected chi connectivity index (χ3v) is 3.72. The van der Waals surface area contributed by atoms with Crippen molar-refractivity contribution in [3.8, 4) is 0 Å². The summed E-state index contributed by atoms with van der Waals surface area (Å²) in [5.74, 6) is 0.936. The first-order valence-corrected chi connectivity index (χ1v) is 8.35. The van der Waals surface area contributed by atoms with E-state index in [2.05, 4.69) is 44.9 Å². The van der Waals surface area contributed by atoms with Gasteiger partial charge in [-0.15, -0.1) is 0 Å². The van der Waals surface area contributed by atoms with E-state index in [9.17, 15) is 4.39 Å². The summed E-state index contributed by atoms with van der Waals surface area (Å²) >= 11 is 0. The maximum absolute atomic E-state index is 13.3. The van der Waals surface area contributed by atoms with E-state index in [1.54, 1.807) is 12.1 Å². The van der Waals surface area contributed by atoms with Gasteiger partial charge in [0.25, 0.3) is 0 Å². The molecule has 0 aliphatic heterocycles. The van der Waals surface area contributed by atoms with Crippen LogP contribution < -0.4 is 10.6 Å². The average molecular weight is 336 g/mol. The second kappa shape index (κ2) is 8.24. The molecule has 1 heterocycles. The molecule has 25 heavy (non-hydrogen) atoms. The molecule has 5 heteroatoms. The van der Waals surface area contributed by atoms with Crippen molar-refractivity contribution < 1.29 is 4.39 Å². The Hall–Kier alpha value is -2.95. The van der Waals surface area contributed by atoms with Crippen LogP contribution in [0.15, 0.2) is 60.7 Å². The van der Waals surface area contributed by atoms with Crippen LogP contribution in [-0.2, 0) is 6.42 Å². The van der Waals surface area contributed by atoms with Gasteiger partial charge in [0.05, 0.1) is 0 Å². The molecule has 0 unspecified atom stereocenters. The zero-order chi connectivity index (χ0) is 17.5. The summed E-state index contributed by atoms with van der Waals surface area (Å²) in [6.07, 6.45) is 2.00. The van der Waals surface area contributed by atoms with E-state index in [1.165, 1.54) is 17.7 Å². The Kier molecular flexibility index (Phi) is 5.57. The highest BCUT2D eigenvalue weighted by Gasteiger charge is 2.03. The topological polar surface area (TPSA) is 49.8 Å².